The molecule has 1 aromatic carbocycles. The average molecular weight is 247 g/mol. The first kappa shape index (κ1) is 11.9. The van der Waals surface area contributed by atoms with Crippen molar-refractivity contribution >= 4 is 17.5 Å². The Labute approximate surface area is 104 Å². The maximum Gasteiger partial charge on any atom is 0.183 e. The Morgan fingerprint density at radius 1 is 1.35 bits per heavy atom. The molecular weight excluding hydrogens is 234 g/mol. The molecule has 0 saturated heterocycles. The number of para-hydroxylation sites is 1. The van der Waals surface area contributed by atoms with E-state index in [1.807, 2.05) is 36.6 Å². The van der Waals surface area contributed by atoms with Crippen molar-refractivity contribution in [3.8, 4) is 5.69 Å². The van der Waals surface area contributed by atoms with Crippen LogP contribution in [0.3, 0.4) is 0 Å². The maximum atomic E-state index is 11.9. The zero-order valence-electron chi connectivity index (χ0n) is 9.54. The van der Waals surface area contributed by atoms with Crippen LogP contribution in [0.25, 0.3) is 5.69 Å². The number of carbonyl (C=O) groups excluding carboxylic acids is 1. The molecule has 2 rings (SSSR count). The molecule has 0 saturated carbocycles. The summed E-state index contributed by atoms with van der Waals surface area (Å²) in [6.45, 7) is 0. The van der Waals surface area contributed by atoms with Gasteiger partial charge >= 0.3 is 0 Å². The fraction of sp³-hybridized carbons (Fsp3) is 0.250. The van der Waals surface area contributed by atoms with Crippen LogP contribution < -0.4 is 0 Å². The molecule has 0 radical (unpaired) electrons. The van der Waals surface area contributed by atoms with Crippen molar-refractivity contribution < 1.29 is 4.79 Å². The molecule has 0 aliphatic rings. The highest BCUT2D eigenvalue weighted by Gasteiger charge is 2.13. The second-order valence-electron chi connectivity index (χ2n) is 3.53. The minimum absolute atomic E-state index is 0.0770. The van der Waals surface area contributed by atoms with Gasteiger partial charge in [-0.2, -0.15) is 11.8 Å². The minimum Gasteiger partial charge on any atom is -0.292 e. The van der Waals surface area contributed by atoms with Gasteiger partial charge in [0.1, 0.15) is 5.69 Å². The number of hydrogen-bond acceptors (Lipinski definition) is 4. The van der Waals surface area contributed by atoms with Gasteiger partial charge in [-0.25, -0.2) is 4.68 Å². The van der Waals surface area contributed by atoms with Gasteiger partial charge < -0.3 is 0 Å². The Morgan fingerprint density at radius 3 is 2.82 bits per heavy atom. The van der Waals surface area contributed by atoms with Crippen LogP contribution in [0.2, 0.25) is 0 Å². The summed E-state index contributed by atoms with van der Waals surface area (Å²) in [7, 11) is 0. The van der Waals surface area contributed by atoms with E-state index in [2.05, 4.69) is 10.3 Å². The third-order valence-electron chi connectivity index (χ3n) is 2.37. The fourth-order valence-corrected chi connectivity index (χ4v) is 1.90. The molecule has 0 unspecified atom stereocenters. The van der Waals surface area contributed by atoms with Gasteiger partial charge in [0.15, 0.2) is 5.78 Å². The van der Waals surface area contributed by atoms with Crippen LogP contribution in [0.1, 0.15) is 16.9 Å². The number of thioether (sulfide) groups is 1. The molecule has 0 bridgehead atoms. The lowest BCUT2D eigenvalue weighted by Gasteiger charge is -2.04. The van der Waals surface area contributed by atoms with Crippen molar-refractivity contribution in [2.75, 3.05) is 12.0 Å². The largest absolute Gasteiger partial charge is 0.292 e. The summed E-state index contributed by atoms with van der Waals surface area (Å²) in [5.41, 5.74) is 1.41. The van der Waals surface area contributed by atoms with E-state index in [0.29, 0.717) is 12.1 Å². The molecule has 1 heterocycles. The molecule has 4 nitrogen and oxygen atoms in total. The lowest BCUT2D eigenvalue weighted by atomic mass is 10.2. The van der Waals surface area contributed by atoms with E-state index in [-0.39, 0.29) is 5.78 Å². The summed E-state index contributed by atoms with van der Waals surface area (Å²) in [6, 6.07) is 9.55. The summed E-state index contributed by atoms with van der Waals surface area (Å²) < 4.78 is 1.59. The number of ketones is 1. The molecule has 88 valence electrons. The van der Waals surface area contributed by atoms with E-state index in [1.54, 1.807) is 16.4 Å². The number of Topliss-reactive ketones (excluding diaryl/α,β-unsaturated/α-hetero) is 1. The van der Waals surface area contributed by atoms with Gasteiger partial charge in [0.2, 0.25) is 0 Å². The molecule has 0 amide bonds. The monoisotopic (exact) mass is 247 g/mol. The van der Waals surface area contributed by atoms with Crippen molar-refractivity contribution in [2.24, 2.45) is 0 Å². The Kier molecular flexibility index (Phi) is 3.93. The van der Waals surface area contributed by atoms with Gasteiger partial charge in [0, 0.05) is 12.2 Å². The van der Waals surface area contributed by atoms with Gasteiger partial charge in [0.05, 0.1) is 11.9 Å². The third-order valence-corrected chi connectivity index (χ3v) is 2.98. The minimum atomic E-state index is 0.0770. The average Bonchev–Trinajstić information content (AvgIpc) is 2.86. The quantitative estimate of drug-likeness (QED) is 0.760. The molecule has 1 aromatic heterocycles. The Balaban J connectivity index is 2.26. The second kappa shape index (κ2) is 5.63. The van der Waals surface area contributed by atoms with Crippen LogP contribution in [0.15, 0.2) is 36.5 Å². The summed E-state index contributed by atoms with van der Waals surface area (Å²) in [6.07, 6.45) is 4.02. The van der Waals surface area contributed by atoms with Crippen molar-refractivity contribution in [1.29, 1.82) is 0 Å². The molecular formula is C12H13N3OS. The van der Waals surface area contributed by atoms with Crippen LogP contribution >= 0.6 is 11.8 Å². The summed E-state index contributed by atoms with van der Waals surface area (Å²) in [5, 5.41) is 7.77. The van der Waals surface area contributed by atoms with Gasteiger partial charge in [-0.1, -0.05) is 23.4 Å². The SMILES string of the molecule is CSCCC(=O)c1cnnn1-c1ccccc1. The molecule has 0 aliphatic heterocycles. The van der Waals surface area contributed by atoms with E-state index >= 15 is 0 Å². The number of aromatic nitrogens is 3. The number of rotatable bonds is 5. The van der Waals surface area contributed by atoms with Crippen molar-refractivity contribution in [3.63, 3.8) is 0 Å². The van der Waals surface area contributed by atoms with Gasteiger partial charge in [-0.3, -0.25) is 4.79 Å². The molecule has 0 spiro atoms. The lowest BCUT2D eigenvalue weighted by Crippen LogP contribution is -2.09. The maximum absolute atomic E-state index is 11.9. The highest BCUT2D eigenvalue weighted by Crippen LogP contribution is 2.11. The summed E-state index contributed by atoms with van der Waals surface area (Å²) >= 11 is 1.66. The van der Waals surface area contributed by atoms with Crippen LogP contribution in [-0.4, -0.2) is 32.8 Å². The topological polar surface area (TPSA) is 47.8 Å². The Bertz CT molecular complexity index is 495. The van der Waals surface area contributed by atoms with E-state index < -0.39 is 0 Å². The highest BCUT2D eigenvalue weighted by atomic mass is 32.2. The molecule has 0 N–H and O–H groups in total. The fourth-order valence-electron chi connectivity index (χ4n) is 1.51. The first-order valence-corrected chi connectivity index (χ1v) is 6.70. The molecule has 2 aromatic rings. The second-order valence-corrected chi connectivity index (χ2v) is 4.52. The Morgan fingerprint density at radius 2 is 2.12 bits per heavy atom. The first-order chi connectivity index (χ1) is 8.33. The number of carbonyl (C=O) groups is 1. The zero-order chi connectivity index (χ0) is 12.1. The van der Waals surface area contributed by atoms with Gasteiger partial charge in [0.25, 0.3) is 0 Å². The smallest absolute Gasteiger partial charge is 0.183 e. The highest BCUT2D eigenvalue weighted by molar-refractivity contribution is 7.98. The van der Waals surface area contributed by atoms with Crippen molar-refractivity contribution in [1.82, 2.24) is 15.0 Å². The zero-order valence-corrected chi connectivity index (χ0v) is 10.4. The third kappa shape index (κ3) is 2.74. The lowest BCUT2D eigenvalue weighted by molar-refractivity contribution is 0.0982. The molecule has 5 heteroatoms. The van der Waals surface area contributed by atoms with Crippen LogP contribution in [0, 0.1) is 0 Å². The molecule has 0 aliphatic carbocycles. The molecule has 0 atom stereocenters. The predicted molar refractivity (Wildman–Crippen MR) is 68.7 cm³/mol. The normalized spacial score (nSPS) is 10.4. The van der Waals surface area contributed by atoms with Crippen LogP contribution in [-0.2, 0) is 0 Å². The number of hydrogen-bond donors (Lipinski definition) is 0. The van der Waals surface area contributed by atoms with Gasteiger partial charge in [-0.15, -0.1) is 5.10 Å². The van der Waals surface area contributed by atoms with Crippen molar-refractivity contribution in [2.45, 2.75) is 6.42 Å². The van der Waals surface area contributed by atoms with E-state index in [4.69, 9.17) is 0 Å². The van der Waals surface area contributed by atoms with Crippen LogP contribution in [0.4, 0.5) is 0 Å². The van der Waals surface area contributed by atoms with Crippen LogP contribution in [0.5, 0.6) is 0 Å². The predicted octanol–water partition coefficient (Wildman–Crippen LogP) is 2.20. The van der Waals surface area contributed by atoms with E-state index in [9.17, 15) is 4.79 Å². The van der Waals surface area contributed by atoms with E-state index in [0.717, 1.165) is 11.4 Å². The summed E-state index contributed by atoms with van der Waals surface area (Å²) in [4.78, 5) is 11.9. The number of benzene rings is 1. The standard InChI is InChI=1S/C12H13N3OS/c1-17-8-7-12(16)11-9-13-14-15(11)10-5-3-2-4-6-10/h2-6,9H,7-8H2,1H3. The number of nitrogens with zero attached hydrogens (tertiary/aromatic N) is 3. The Hall–Kier alpha value is -1.62. The van der Waals surface area contributed by atoms with E-state index in [1.165, 1.54) is 6.20 Å². The summed E-state index contributed by atoms with van der Waals surface area (Å²) in [5.74, 6) is 0.895. The first-order valence-electron chi connectivity index (χ1n) is 5.31. The molecule has 0 fully saturated rings. The van der Waals surface area contributed by atoms with Gasteiger partial charge in [-0.05, 0) is 18.4 Å². The molecule has 17 heavy (non-hydrogen) atoms. The van der Waals surface area contributed by atoms with Crippen molar-refractivity contribution in [3.05, 3.63) is 42.2 Å².